The first-order valence-electron chi connectivity index (χ1n) is 6.84. The lowest BCUT2D eigenvalue weighted by atomic mass is 10.4. The minimum absolute atomic E-state index is 0.109. The van der Waals surface area contributed by atoms with Gasteiger partial charge in [0.1, 0.15) is 5.76 Å². The molecule has 1 N–H and O–H groups in total. The first kappa shape index (κ1) is 15.8. The van der Waals surface area contributed by atoms with Gasteiger partial charge >= 0.3 is 0 Å². The van der Waals surface area contributed by atoms with Crippen molar-refractivity contribution in [1.82, 2.24) is 14.5 Å². The number of amides is 1. The van der Waals surface area contributed by atoms with E-state index in [1.807, 2.05) is 5.38 Å². The van der Waals surface area contributed by atoms with E-state index >= 15 is 0 Å². The fraction of sp³-hybridized carbons (Fsp3) is 0.286. The second-order valence-electron chi connectivity index (χ2n) is 4.91. The van der Waals surface area contributed by atoms with Gasteiger partial charge in [0.2, 0.25) is 5.91 Å². The van der Waals surface area contributed by atoms with Crippen LogP contribution < -0.4 is 10.9 Å². The molecule has 120 valence electrons. The summed E-state index contributed by atoms with van der Waals surface area (Å²) in [6.07, 6.45) is 1.70. The molecule has 0 aliphatic carbocycles. The molecular weight excluding hydrogens is 336 g/mol. The van der Waals surface area contributed by atoms with Gasteiger partial charge in [-0.15, -0.1) is 23.1 Å². The molecule has 3 aromatic rings. The summed E-state index contributed by atoms with van der Waals surface area (Å²) in [7, 11) is 0. The van der Waals surface area contributed by atoms with Gasteiger partial charge in [-0.25, -0.2) is 4.98 Å². The standard InChI is InChI=1S/C14H14N4O3S2/c1-8-5-11(17-21-8)16-13(20)9(2)23-7-10-6-12(19)18-3-4-22-14(18)15-10/h3-6,9H,7H2,1-2H3,(H,16,17,20)/t9-/m1/s1. The minimum Gasteiger partial charge on any atom is -0.360 e. The lowest BCUT2D eigenvalue weighted by Crippen LogP contribution is -2.23. The van der Waals surface area contributed by atoms with E-state index in [4.69, 9.17) is 4.52 Å². The zero-order valence-corrected chi connectivity index (χ0v) is 14.1. The maximum atomic E-state index is 12.1. The third kappa shape index (κ3) is 3.62. The van der Waals surface area contributed by atoms with Crippen molar-refractivity contribution in [1.29, 1.82) is 0 Å². The molecule has 9 heteroatoms. The van der Waals surface area contributed by atoms with Gasteiger partial charge in [0.25, 0.3) is 5.56 Å². The van der Waals surface area contributed by atoms with E-state index in [2.05, 4.69) is 15.5 Å². The number of aryl methyl sites for hydroxylation is 1. The summed E-state index contributed by atoms with van der Waals surface area (Å²) in [6.45, 7) is 3.55. The zero-order chi connectivity index (χ0) is 16.4. The van der Waals surface area contributed by atoms with Gasteiger partial charge < -0.3 is 9.84 Å². The minimum atomic E-state index is -0.310. The van der Waals surface area contributed by atoms with E-state index < -0.39 is 0 Å². The Bertz CT molecular complexity index is 899. The van der Waals surface area contributed by atoms with Crippen LogP contribution in [0.1, 0.15) is 18.4 Å². The van der Waals surface area contributed by atoms with Crippen molar-refractivity contribution < 1.29 is 9.32 Å². The number of hydrogen-bond acceptors (Lipinski definition) is 7. The van der Waals surface area contributed by atoms with E-state index in [0.29, 0.717) is 28.0 Å². The number of rotatable bonds is 5. The van der Waals surface area contributed by atoms with Gasteiger partial charge in [-0.2, -0.15) is 0 Å². The predicted octanol–water partition coefficient (Wildman–Crippen LogP) is 2.31. The first-order chi connectivity index (χ1) is 11.0. The Labute approximate surface area is 139 Å². The number of thioether (sulfide) groups is 1. The number of carbonyl (C=O) groups excluding carboxylic acids is 1. The van der Waals surface area contributed by atoms with E-state index in [-0.39, 0.29) is 16.7 Å². The molecule has 0 radical (unpaired) electrons. The van der Waals surface area contributed by atoms with Crippen molar-refractivity contribution >= 4 is 39.8 Å². The Balaban J connectivity index is 1.62. The highest BCUT2D eigenvalue weighted by Crippen LogP contribution is 2.19. The summed E-state index contributed by atoms with van der Waals surface area (Å²) >= 11 is 2.81. The van der Waals surface area contributed by atoms with Crippen LogP contribution in [0.4, 0.5) is 5.82 Å². The van der Waals surface area contributed by atoms with Crippen LogP contribution in [-0.4, -0.2) is 25.7 Å². The molecule has 0 bridgehead atoms. The van der Waals surface area contributed by atoms with Crippen LogP contribution in [0.25, 0.3) is 4.96 Å². The monoisotopic (exact) mass is 350 g/mol. The average molecular weight is 350 g/mol. The topological polar surface area (TPSA) is 89.5 Å². The number of anilines is 1. The molecule has 0 fully saturated rings. The number of hydrogen-bond donors (Lipinski definition) is 1. The van der Waals surface area contributed by atoms with Crippen LogP contribution in [-0.2, 0) is 10.5 Å². The van der Waals surface area contributed by atoms with Crippen LogP contribution >= 0.6 is 23.1 Å². The van der Waals surface area contributed by atoms with Crippen molar-refractivity contribution in [2.24, 2.45) is 0 Å². The summed E-state index contributed by atoms with van der Waals surface area (Å²) in [4.78, 5) is 29.1. The van der Waals surface area contributed by atoms with E-state index in [9.17, 15) is 9.59 Å². The molecule has 3 aromatic heterocycles. The SMILES string of the molecule is Cc1cc(NC(=O)[C@@H](C)SCc2cc(=O)n3ccsc3n2)no1. The molecule has 0 aliphatic rings. The second-order valence-corrected chi connectivity index (χ2v) is 7.11. The smallest absolute Gasteiger partial charge is 0.258 e. The van der Waals surface area contributed by atoms with E-state index in [1.165, 1.54) is 33.6 Å². The zero-order valence-electron chi connectivity index (χ0n) is 12.5. The van der Waals surface area contributed by atoms with Crippen LogP contribution in [0.15, 0.2) is 33.0 Å². The molecule has 0 aliphatic heterocycles. The number of aromatic nitrogens is 3. The maximum Gasteiger partial charge on any atom is 0.258 e. The Morgan fingerprint density at radius 2 is 2.35 bits per heavy atom. The molecule has 0 saturated carbocycles. The number of nitrogens with zero attached hydrogens (tertiary/aromatic N) is 3. The first-order valence-corrected chi connectivity index (χ1v) is 8.77. The molecule has 0 saturated heterocycles. The molecule has 0 unspecified atom stereocenters. The fourth-order valence-corrected chi connectivity index (χ4v) is 3.42. The molecule has 23 heavy (non-hydrogen) atoms. The summed E-state index contributed by atoms with van der Waals surface area (Å²) in [5.74, 6) is 1.35. The van der Waals surface area contributed by atoms with Crippen LogP contribution in [0, 0.1) is 6.92 Å². The van der Waals surface area contributed by atoms with Crippen molar-refractivity contribution in [2.75, 3.05) is 5.32 Å². The third-order valence-corrected chi connectivity index (χ3v) is 5.02. The third-order valence-electron chi connectivity index (χ3n) is 3.09. The summed E-state index contributed by atoms with van der Waals surface area (Å²) < 4.78 is 6.41. The Kier molecular flexibility index (Phi) is 4.49. The fourth-order valence-electron chi connectivity index (χ4n) is 1.90. The van der Waals surface area contributed by atoms with Crippen molar-refractivity contribution in [3.05, 3.63) is 45.5 Å². The molecule has 0 aromatic carbocycles. The van der Waals surface area contributed by atoms with E-state index in [1.54, 1.807) is 26.1 Å². The highest BCUT2D eigenvalue weighted by Gasteiger charge is 2.16. The van der Waals surface area contributed by atoms with Gasteiger partial charge in [-0.3, -0.25) is 14.0 Å². The van der Waals surface area contributed by atoms with Crippen LogP contribution in [0.5, 0.6) is 0 Å². The molecule has 3 rings (SSSR count). The number of fused-ring (bicyclic) bond motifs is 1. The van der Waals surface area contributed by atoms with Gasteiger partial charge in [0, 0.05) is 29.5 Å². The van der Waals surface area contributed by atoms with Gasteiger partial charge in [0.15, 0.2) is 10.8 Å². The van der Waals surface area contributed by atoms with Crippen molar-refractivity contribution in [2.45, 2.75) is 24.9 Å². The van der Waals surface area contributed by atoms with Gasteiger partial charge in [0.05, 0.1) is 10.9 Å². The van der Waals surface area contributed by atoms with Crippen LogP contribution in [0.2, 0.25) is 0 Å². The number of nitrogens with one attached hydrogen (secondary N) is 1. The molecular formula is C14H14N4O3S2. The van der Waals surface area contributed by atoms with Crippen molar-refractivity contribution in [3.63, 3.8) is 0 Å². The molecule has 3 heterocycles. The molecule has 1 atom stereocenters. The van der Waals surface area contributed by atoms with E-state index in [0.717, 1.165) is 0 Å². The largest absolute Gasteiger partial charge is 0.360 e. The maximum absolute atomic E-state index is 12.1. The Morgan fingerprint density at radius 3 is 3.09 bits per heavy atom. The second kappa shape index (κ2) is 6.55. The van der Waals surface area contributed by atoms with Crippen molar-refractivity contribution in [3.8, 4) is 0 Å². The lowest BCUT2D eigenvalue weighted by molar-refractivity contribution is -0.115. The Morgan fingerprint density at radius 1 is 1.52 bits per heavy atom. The quantitative estimate of drug-likeness (QED) is 0.759. The molecule has 1 amide bonds. The normalized spacial score (nSPS) is 12.4. The van der Waals surface area contributed by atoms with Gasteiger partial charge in [-0.1, -0.05) is 5.16 Å². The summed E-state index contributed by atoms with van der Waals surface area (Å²) in [5, 5.41) is 7.92. The molecule has 0 spiro atoms. The predicted molar refractivity (Wildman–Crippen MR) is 90.0 cm³/mol. The highest BCUT2D eigenvalue weighted by atomic mass is 32.2. The number of thiazole rings is 1. The lowest BCUT2D eigenvalue weighted by Gasteiger charge is -2.09. The summed E-state index contributed by atoms with van der Waals surface area (Å²) in [5.41, 5.74) is 0.557. The van der Waals surface area contributed by atoms with Crippen LogP contribution in [0.3, 0.4) is 0 Å². The van der Waals surface area contributed by atoms with Gasteiger partial charge in [-0.05, 0) is 13.8 Å². The average Bonchev–Trinajstić information content (AvgIpc) is 3.14. The summed E-state index contributed by atoms with van der Waals surface area (Å²) in [6, 6.07) is 3.15. The Hall–Kier alpha value is -2.13. The highest BCUT2D eigenvalue weighted by molar-refractivity contribution is 7.99. The number of carbonyl (C=O) groups is 1. The molecule has 7 nitrogen and oxygen atoms in total.